The number of amides is 4. The Morgan fingerprint density at radius 2 is 1.48 bits per heavy atom. The summed E-state index contributed by atoms with van der Waals surface area (Å²) < 4.78 is 0. The molecule has 0 atom stereocenters. The highest BCUT2D eigenvalue weighted by molar-refractivity contribution is 6.36. The van der Waals surface area contributed by atoms with E-state index in [9.17, 15) is 14.4 Å². The van der Waals surface area contributed by atoms with Gasteiger partial charge in [-0.3, -0.25) is 15.0 Å². The van der Waals surface area contributed by atoms with Crippen molar-refractivity contribution in [2.24, 2.45) is 0 Å². The van der Waals surface area contributed by atoms with E-state index < -0.39 is 17.8 Å². The molecule has 0 saturated heterocycles. The summed E-state index contributed by atoms with van der Waals surface area (Å²) in [5.41, 5.74) is 5.24. The second-order valence-electron chi connectivity index (χ2n) is 5.31. The van der Waals surface area contributed by atoms with Crippen LogP contribution in [0.25, 0.3) is 0 Å². The van der Waals surface area contributed by atoms with Crippen molar-refractivity contribution >= 4 is 64.0 Å². The van der Waals surface area contributed by atoms with Crippen LogP contribution in [-0.2, 0) is 9.59 Å². The van der Waals surface area contributed by atoms with Gasteiger partial charge in [0.1, 0.15) is 0 Å². The molecule has 0 radical (unpaired) electrons. The summed E-state index contributed by atoms with van der Waals surface area (Å²) in [6.07, 6.45) is -0.225. The van der Waals surface area contributed by atoms with Crippen LogP contribution in [0.4, 0.5) is 16.2 Å². The van der Waals surface area contributed by atoms with Crippen LogP contribution in [0.2, 0.25) is 15.1 Å². The normalized spacial score (nSPS) is 10.0. The lowest BCUT2D eigenvalue weighted by molar-refractivity contribution is -0.124. The first-order valence-electron chi connectivity index (χ1n) is 7.70. The van der Waals surface area contributed by atoms with E-state index in [-0.39, 0.29) is 12.8 Å². The van der Waals surface area contributed by atoms with Gasteiger partial charge in [0.2, 0.25) is 11.8 Å². The largest absolute Gasteiger partial charge is 0.337 e. The highest BCUT2D eigenvalue weighted by Gasteiger charge is 2.10. The van der Waals surface area contributed by atoms with E-state index in [1.165, 1.54) is 6.07 Å². The molecule has 0 aromatic heterocycles. The Morgan fingerprint density at radius 3 is 2.19 bits per heavy atom. The number of carbonyl (C=O) groups is 3. The quantitative estimate of drug-likeness (QED) is 0.535. The number of anilines is 2. The van der Waals surface area contributed by atoms with Crippen molar-refractivity contribution in [1.82, 2.24) is 10.9 Å². The van der Waals surface area contributed by atoms with Crippen LogP contribution in [0, 0.1) is 0 Å². The zero-order chi connectivity index (χ0) is 19.8. The highest BCUT2D eigenvalue weighted by Crippen LogP contribution is 2.25. The summed E-state index contributed by atoms with van der Waals surface area (Å²) in [6, 6.07) is 10.5. The van der Waals surface area contributed by atoms with Gasteiger partial charge in [-0.05, 0) is 36.4 Å². The average Bonchev–Trinajstić information content (AvgIpc) is 2.60. The van der Waals surface area contributed by atoms with Gasteiger partial charge in [0.25, 0.3) is 0 Å². The second-order valence-corrected chi connectivity index (χ2v) is 6.59. The van der Waals surface area contributed by atoms with E-state index in [2.05, 4.69) is 21.5 Å². The van der Waals surface area contributed by atoms with Crippen molar-refractivity contribution in [3.05, 3.63) is 57.5 Å². The molecule has 142 valence electrons. The predicted molar refractivity (Wildman–Crippen MR) is 106 cm³/mol. The monoisotopic (exact) mass is 428 g/mol. The van der Waals surface area contributed by atoms with Crippen molar-refractivity contribution in [1.29, 1.82) is 0 Å². The first kappa shape index (κ1) is 20.8. The van der Waals surface area contributed by atoms with E-state index in [1.807, 2.05) is 0 Å². The molecule has 0 bridgehead atoms. The number of hydrogen-bond donors (Lipinski definition) is 4. The van der Waals surface area contributed by atoms with E-state index in [1.54, 1.807) is 36.4 Å². The molecule has 4 amide bonds. The molecular weight excluding hydrogens is 415 g/mol. The van der Waals surface area contributed by atoms with Crippen LogP contribution in [0.5, 0.6) is 0 Å². The second kappa shape index (κ2) is 10.0. The fraction of sp³-hybridized carbons (Fsp3) is 0.118. The van der Waals surface area contributed by atoms with Crippen molar-refractivity contribution < 1.29 is 14.4 Å². The van der Waals surface area contributed by atoms with Gasteiger partial charge in [0, 0.05) is 28.6 Å². The Morgan fingerprint density at radius 1 is 0.778 bits per heavy atom. The van der Waals surface area contributed by atoms with Crippen molar-refractivity contribution in [2.75, 3.05) is 10.6 Å². The summed E-state index contributed by atoms with van der Waals surface area (Å²) in [6.45, 7) is 0. The molecule has 2 aromatic rings. The summed E-state index contributed by atoms with van der Waals surface area (Å²) in [5.74, 6) is -0.939. The number of hydrogen-bond acceptors (Lipinski definition) is 3. The molecule has 0 fully saturated rings. The number of carbonyl (C=O) groups excluding carboxylic acids is 3. The van der Waals surface area contributed by atoms with Gasteiger partial charge in [-0.1, -0.05) is 40.9 Å². The van der Waals surface area contributed by atoms with Crippen molar-refractivity contribution in [3.63, 3.8) is 0 Å². The van der Waals surface area contributed by atoms with E-state index in [0.717, 1.165) is 0 Å². The zero-order valence-corrected chi connectivity index (χ0v) is 16.1. The Hall–Kier alpha value is -2.48. The van der Waals surface area contributed by atoms with Crippen molar-refractivity contribution in [2.45, 2.75) is 12.8 Å². The molecule has 10 heteroatoms. The minimum Gasteiger partial charge on any atom is -0.325 e. The molecule has 0 unspecified atom stereocenters. The third-order valence-electron chi connectivity index (χ3n) is 3.18. The molecule has 7 nitrogen and oxygen atoms in total. The van der Waals surface area contributed by atoms with E-state index >= 15 is 0 Å². The molecule has 4 N–H and O–H groups in total. The lowest BCUT2D eigenvalue weighted by Gasteiger charge is -2.10. The maximum atomic E-state index is 11.9. The third-order valence-corrected chi connectivity index (χ3v) is 3.97. The molecule has 0 heterocycles. The molecule has 0 spiro atoms. The molecule has 2 rings (SSSR count). The van der Waals surface area contributed by atoms with E-state index in [0.29, 0.717) is 26.4 Å². The average molecular weight is 430 g/mol. The van der Waals surface area contributed by atoms with Crippen LogP contribution in [0.15, 0.2) is 42.5 Å². The van der Waals surface area contributed by atoms with Crippen molar-refractivity contribution in [3.8, 4) is 0 Å². The van der Waals surface area contributed by atoms with Gasteiger partial charge in [-0.25, -0.2) is 10.2 Å². The molecule has 0 aliphatic rings. The van der Waals surface area contributed by atoms with Crippen LogP contribution in [0.3, 0.4) is 0 Å². The summed E-state index contributed by atoms with van der Waals surface area (Å²) in [5, 5.41) is 6.26. The van der Waals surface area contributed by atoms with Crippen LogP contribution in [0.1, 0.15) is 12.8 Å². The summed E-state index contributed by atoms with van der Waals surface area (Å²) in [4.78, 5) is 35.3. The first-order valence-corrected chi connectivity index (χ1v) is 8.83. The van der Waals surface area contributed by atoms with Gasteiger partial charge < -0.3 is 10.6 Å². The number of nitrogens with one attached hydrogen (secondary N) is 4. The maximum absolute atomic E-state index is 11.9. The maximum Gasteiger partial charge on any atom is 0.337 e. The number of rotatable bonds is 5. The molecule has 0 aliphatic carbocycles. The highest BCUT2D eigenvalue weighted by atomic mass is 35.5. The Bertz CT molecular complexity index is 861. The molecule has 0 saturated carbocycles. The van der Waals surface area contributed by atoms with Gasteiger partial charge in [0.05, 0.1) is 10.7 Å². The first-order chi connectivity index (χ1) is 12.8. The number of halogens is 3. The molecule has 27 heavy (non-hydrogen) atoms. The summed E-state index contributed by atoms with van der Waals surface area (Å²) >= 11 is 17.5. The third kappa shape index (κ3) is 7.34. The minimum atomic E-state index is -0.650. The Kier molecular flexibility index (Phi) is 7.72. The number of urea groups is 1. The predicted octanol–water partition coefficient (Wildman–Crippen LogP) is 4.22. The minimum absolute atomic E-state index is 0.0949. The number of benzene rings is 2. The topological polar surface area (TPSA) is 99.3 Å². The Balaban J connectivity index is 1.70. The standard InChI is InChI=1S/C17H15Cl3N4O3/c18-10-2-1-3-12(8-10)21-17(27)24-23-16(26)7-6-15(25)22-14-5-4-11(19)9-13(14)20/h1-5,8-9H,6-7H2,(H,22,25)(H,23,26)(H2,21,24,27). The fourth-order valence-corrected chi connectivity index (χ4v) is 2.59. The number of hydrazine groups is 1. The SMILES string of the molecule is O=C(CCC(=O)Nc1ccc(Cl)cc1Cl)NNC(=O)Nc1cccc(Cl)c1. The van der Waals surface area contributed by atoms with Crippen LogP contribution >= 0.6 is 34.8 Å². The molecule has 0 aliphatic heterocycles. The zero-order valence-electron chi connectivity index (χ0n) is 13.8. The van der Waals surface area contributed by atoms with Gasteiger partial charge in [-0.2, -0.15) is 0 Å². The molecule has 2 aromatic carbocycles. The molecular formula is C17H15Cl3N4O3. The lowest BCUT2D eigenvalue weighted by atomic mass is 10.2. The lowest BCUT2D eigenvalue weighted by Crippen LogP contribution is -2.44. The van der Waals surface area contributed by atoms with Crippen LogP contribution < -0.4 is 21.5 Å². The Labute approximate surface area is 170 Å². The fourth-order valence-electron chi connectivity index (χ4n) is 1.95. The van der Waals surface area contributed by atoms with Gasteiger partial charge >= 0.3 is 6.03 Å². The van der Waals surface area contributed by atoms with Gasteiger partial charge in [-0.15, -0.1) is 0 Å². The summed E-state index contributed by atoms with van der Waals surface area (Å²) in [7, 11) is 0. The van der Waals surface area contributed by atoms with Gasteiger partial charge in [0.15, 0.2) is 0 Å². The van der Waals surface area contributed by atoms with Crippen LogP contribution in [-0.4, -0.2) is 17.8 Å². The van der Waals surface area contributed by atoms with E-state index in [4.69, 9.17) is 34.8 Å². The smallest absolute Gasteiger partial charge is 0.325 e.